The first kappa shape index (κ1) is 13.5. The topological polar surface area (TPSA) is 81.1 Å². The van der Waals surface area contributed by atoms with Gasteiger partial charge in [-0.25, -0.2) is 0 Å². The summed E-state index contributed by atoms with van der Waals surface area (Å²) in [6, 6.07) is 6.95. The van der Waals surface area contributed by atoms with E-state index in [1.54, 1.807) is 24.3 Å². The third-order valence-corrected chi connectivity index (χ3v) is 2.52. The highest BCUT2D eigenvalue weighted by Gasteiger charge is 2.13. The molecular formula is C13H21N3O. The van der Waals surface area contributed by atoms with E-state index in [-0.39, 0.29) is 11.9 Å². The average molecular weight is 235 g/mol. The Morgan fingerprint density at radius 2 is 2.12 bits per heavy atom. The summed E-state index contributed by atoms with van der Waals surface area (Å²) in [7, 11) is 0. The van der Waals surface area contributed by atoms with Crippen LogP contribution in [-0.2, 0) is 0 Å². The number of hydrogen-bond donors (Lipinski definition) is 3. The van der Waals surface area contributed by atoms with Crippen molar-refractivity contribution in [3.05, 3.63) is 29.8 Å². The molecule has 5 N–H and O–H groups in total. The van der Waals surface area contributed by atoms with E-state index in [9.17, 15) is 4.79 Å². The quantitative estimate of drug-likeness (QED) is 0.674. The zero-order valence-corrected chi connectivity index (χ0v) is 10.4. The van der Waals surface area contributed by atoms with Crippen LogP contribution in [-0.4, -0.2) is 18.5 Å². The van der Waals surface area contributed by atoms with Crippen LogP contribution in [0.5, 0.6) is 0 Å². The number of rotatable bonds is 5. The largest absolute Gasteiger partial charge is 0.399 e. The van der Waals surface area contributed by atoms with Crippen LogP contribution in [0, 0.1) is 5.92 Å². The molecule has 4 nitrogen and oxygen atoms in total. The van der Waals surface area contributed by atoms with Crippen LogP contribution in [0.1, 0.15) is 30.6 Å². The molecule has 0 aliphatic rings. The number of hydrogen-bond acceptors (Lipinski definition) is 3. The maximum absolute atomic E-state index is 11.9. The van der Waals surface area contributed by atoms with Crippen LogP contribution in [0.3, 0.4) is 0 Å². The molecular weight excluding hydrogens is 214 g/mol. The van der Waals surface area contributed by atoms with Crippen LogP contribution in [0.2, 0.25) is 0 Å². The summed E-state index contributed by atoms with van der Waals surface area (Å²) in [6.45, 7) is 4.66. The second kappa shape index (κ2) is 6.25. The molecule has 17 heavy (non-hydrogen) atoms. The molecule has 1 rings (SSSR count). The Bertz CT molecular complexity index is 377. The monoisotopic (exact) mass is 235 g/mol. The lowest BCUT2D eigenvalue weighted by Gasteiger charge is -2.18. The Kier molecular flexibility index (Phi) is 4.97. The molecule has 1 atom stereocenters. The summed E-state index contributed by atoms with van der Waals surface area (Å²) in [5, 5.41) is 2.92. The van der Waals surface area contributed by atoms with Crippen LogP contribution in [0.25, 0.3) is 0 Å². The molecule has 94 valence electrons. The molecule has 0 fully saturated rings. The van der Waals surface area contributed by atoms with Crippen molar-refractivity contribution in [3.8, 4) is 0 Å². The highest BCUT2D eigenvalue weighted by Crippen LogP contribution is 2.08. The van der Waals surface area contributed by atoms with Crippen molar-refractivity contribution in [1.82, 2.24) is 5.32 Å². The van der Waals surface area contributed by atoms with E-state index >= 15 is 0 Å². The van der Waals surface area contributed by atoms with Gasteiger partial charge in [-0.2, -0.15) is 0 Å². The predicted octanol–water partition coefficient (Wildman–Crippen LogP) is 1.37. The lowest BCUT2D eigenvalue weighted by molar-refractivity contribution is 0.0934. The smallest absolute Gasteiger partial charge is 0.251 e. The number of anilines is 1. The predicted molar refractivity (Wildman–Crippen MR) is 70.6 cm³/mol. The van der Waals surface area contributed by atoms with Crippen molar-refractivity contribution in [2.45, 2.75) is 26.3 Å². The van der Waals surface area contributed by atoms with E-state index < -0.39 is 0 Å². The third-order valence-electron chi connectivity index (χ3n) is 2.52. The zero-order valence-electron chi connectivity index (χ0n) is 10.4. The minimum absolute atomic E-state index is 0.0175. The number of nitrogens with one attached hydrogen (secondary N) is 1. The number of nitrogens with two attached hydrogens (primary N) is 2. The van der Waals surface area contributed by atoms with E-state index in [1.165, 1.54) is 0 Å². The summed E-state index contributed by atoms with van der Waals surface area (Å²) >= 11 is 0. The fourth-order valence-electron chi connectivity index (χ4n) is 1.73. The normalized spacial score (nSPS) is 12.5. The maximum Gasteiger partial charge on any atom is 0.251 e. The Hall–Kier alpha value is -1.55. The second-order valence-corrected chi connectivity index (χ2v) is 4.66. The van der Waals surface area contributed by atoms with E-state index in [0.29, 0.717) is 23.7 Å². The molecule has 0 saturated carbocycles. The van der Waals surface area contributed by atoms with Crippen molar-refractivity contribution >= 4 is 11.6 Å². The zero-order chi connectivity index (χ0) is 12.8. The van der Waals surface area contributed by atoms with Gasteiger partial charge in [0, 0.05) is 23.8 Å². The van der Waals surface area contributed by atoms with Crippen LogP contribution >= 0.6 is 0 Å². The maximum atomic E-state index is 11.9. The number of carbonyl (C=O) groups excluding carboxylic acids is 1. The van der Waals surface area contributed by atoms with Crippen LogP contribution in [0.4, 0.5) is 5.69 Å². The molecule has 1 aromatic carbocycles. The van der Waals surface area contributed by atoms with E-state index in [1.807, 2.05) is 0 Å². The number of amides is 1. The Labute approximate surface area is 102 Å². The molecule has 1 amide bonds. The summed E-state index contributed by atoms with van der Waals surface area (Å²) in [5.74, 6) is 0.387. The SMILES string of the molecule is CC(C)CC(CN)NC(=O)c1cccc(N)c1. The molecule has 0 bridgehead atoms. The highest BCUT2D eigenvalue weighted by atomic mass is 16.1. The van der Waals surface area contributed by atoms with Gasteiger partial charge >= 0.3 is 0 Å². The summed E-state index contributed by atoms with van der Waals surface area (Å²) in [6.07, 6.45) is 0.880. The van der Waals surface area contributed by atoms with Crippen molar-refractivity contribution in [2.24, 2.45) is 11.7 Å². The fraction of sp³-hybridized carbons (Fsp3) is 0.462. The van der Waals surface area contributed by atoms with Crippen LogP contribution in [0.15, 0.2) is 24.3 Å². The van der Waals surface area contributed by atoms with Gasteiger partial charge in [-0.15, -0.1) is 0 Å². The Balaban J connectivity index is 2.64. The fourth-order valence-corrected chi connectivity index (χ4v) is 1.73. The van der Waals surface area contributed by atoms with Gasteiger partial charge < -0.3 is 16.8 Å². The summed E-state index contributed by atoms with van der Waals surface area (Å²) in [4.78, 5) is 11.9. The first-order chi connectivity index (χ1) is 8.02. The number of nitrogen functional groups attached to an aromatic ring is 1. The minimum atomic E-state index is -0.117. The lowest BCUT2D eigenvalue weighted by Crippen LogP contribution is -2.41. The minimum Gasteiger partial charge on any atom is -0.399 e. The number of carbonyl (C=O) groups is 1. The van der Waals surface area contributed by atoms with E-state index in [0.717, 1.165) is 6.42 Å². The van der Waals surface area contributed by atoms with Gasteiger partial charge in [-0.1, -0.05) is 19.9 Å². The van der Waals surface area contributed by atoms with E-state index in [4.69, 9.17) is 11.5 Å². The first-order valence-corrected chi connectivity index (χ1v) is 5.89. The molecule has 0 aliphatic carbocycles. The van der Waals surface area contributed by atoms with Gasteiger partial charge in [0.1, 0.15) is 0 Å². The van der Waals surface area contributed by atoms with Gasteiger partial charge in [0.15, 0.2) is 0 Å². The van der Waals surface area contributed by atoms with Gasteiger partial charge in [0.2, 0.25) is 0 Å². The van der Waals surface area contributed by atoms with Crippen molar-refractivity contribution in [2.75, 3.05) is 12.3 Å². The molecule has 0 radical (unpaired) electrons. The molecule has 4 heteroatoms. The molecule has 0 saturated heterocycles. The Morgan fingerprint density at radius 1 is 1.41 bits per heavy atom. The lowest BCUT2D eigenvalue weighted by atomic mass is 10.0. The van der Waals surface area contributed by atoms with Crippen molar-refractivity contribution in [3.63, 3.8) is 0 Å². The summed E-state index contributed by atoms with van der Waals surface area (Å²) in [5.41, 5.74) is 12.4. The van der Waals surface area contributed by atoms with Gasteiger partial charge in [0.05, 0.1) is 0 Å². The summed E-state index contributed by atoms with van der Waals surface area (Å²) < 4.78 is 0. The number of benzene rings is 1. The molecule has 1 unspecified atom stereocenters. The van der Waals surface area contributed by atoms with Gasteiger partial charge in [-0.3, -0.25) is 4.79 Å². The molecule has 1 aromatic rings. The third kappa shape index (κ3) is 4.44. The average Bonchev–Trinajstić information content (AvgIpc) is 2.27. The molecule has 0 aromatic heterocycles. The molecule has 0 spiro atoms. The molecule has 0 heterocycles. The van der Waals surface area contributed by atoms with Gasteiger partial charge in [-0.05, 0) is 30.5 Å². The standard InChI is InChI=1S/C13H21N3O/c1-9(2)6-12(8-14)16-13(17)10-4-3-5-11(15)7-10/h3-5,7,9,12H,6,8,14-15H2,1-2H3,(H,16,17). The van der Waals surface area contributed by atoms with Crippen molar-refractivity contribution in [1.29, 1.82) is 0 Å². The highest BCUT2D eigenvalue weighted by molar-refractivity contribution is 5.95. The van der Waals surface area contributed by atoms with Gasteiger partial charge in [0.25, 0.3) is 5.91 Å². The Morgan fingerprint density at radius 3 is 2.65 bits per heavy atom. The second-order valence-electron chi connectivity index (χ2n) is 4.66. The van der Waals surface area contributed by atoms with Crippen LogP contribution < -0.4 is 16.8 Å². The first-order valence-electron chi connectivity index (χ1n) is 5.89. The molecule has 0 aliphatic heterocycles. The van der Waals surface area contributed by atoms with Crippen molar-refractivity contribution < 1.29 is 4.79 Å². The van der Waals surface area contributed by atoms with E-state index in [2.05, 4.69) is 19.2 Å².